The Kier molecular flexibility index (Phi) is 6.73. The third-order valence-corrected chi connectivity index (χ3v) is 6.34. The number of alkyl halides is 2. The predicted molar refractivity (Wildman–Crippen MR) is 129 cm³/mol. The number of amides is 2. The van der Waals surface area contributed by atoms with E-state index in [0.717, 1.165) is 16.0 Å². The summed E-state index contributed by atoms with van der Waals surface area (Å²) in [5.74, 6) is -4.76. The normalized spacial score (nSPS) is 17.9. The fraction of sp³-hybridized carbons (Fsp3) is 0.308. The van der Waals surface area contributed by atoms with Crippen LogP contribution in [0.5, 0.6) is 0 Å². The van der Waals surface area contributed by atoms with Crippen LogP contribution in [0, 0.1) is 17.2 Å². The van der Waals surface area contributed by atoms with Gasteiger partial charge in [-0.2, -0.15) is 5.26 Å². The van der Waals surface area contributed by atoms with E-state index in [1.165, 1.54) is 6.20 Å². The number of carbonyl (C=O) groups excluding carboxylic acids is 2. The molecule has 2 aromatic carbocycles. The van der Waals surface area contributed by atoms with Crippen molar-refractivity contribution in [2.45, 2.75) is 38.3 Å². The standard InChI is InChI=1S/C26H23ClF2N4O2/c1-15(2)23(25(35)33-14-26(28,29)12-19(33)13-30)32-24(34)20-9-10-31-22-8-5-17(11-21(20)22)16-3-6-18(27)7-4-16/h3-11,15,19,23H,12,14H2,1-2H3,(H,32,34)/t19-,23?/m0/s1. The fourth-order valence-electron chi connectivity index (χ4n) is 4.24. The van der Waals surface area contributed by atoms with Gasteiger partial charge in [0, 0.05) is 23.0 Å². The average molecular weight is 497 g/mol. The second-order valence-electron chi connectivity index (χ2n) is 8.96. The first-order valence-electron chi connectivity index (χ1n) is 11.1. The first-order chi connectivity index (χ1) is 16.6. The SMILES string of the molecule is CC(C)C(NC(=O)c1ccnc2ccc(-c3ccc(Cl)cc3)cc12)C(=O)N1CC(F)(F)C[C@H]1C#N. The van der Waals surface area contributed by atoms with Crippen molar-refractivity contribution in [1.29, 1.82) is 5.26 Å². The van der Waals surface area contributed by atoms with Crippen LogP contribution in [-0.4, -0.2) is 46.2 Å². The number of aromatic nitrogens is 1. The fourth-order valence-corrected chi connectivity index (χ4v) is 4.37. The lowest BCUT2D eigenvalue weighted by atomic mass is 9.99. The molecular weight excluding hydrogens is 474 g/mol. The minimum atomic E-state index is -3.14. The third-order valence-electron chi connectivity index (χ3n) is 6.09. The molecule has 4 rings (SSSR count). The molecule has 1 N–H and O–H groups in total. The Morgan fingerprint density at radius 1 is 1.17 bits per heavy atom. The van der Waals surface area contributed by atoms with Crippen molar-refractivity contribution in [3.8, 4) is 17.2 Å². The summed E-state index contributed by atoms with van der Waals surface area (Å²) in [5, 5.41) is 13.2. The highest BCUT2D eigenvalue weighted by atomic mass is 35.5. The van der Waals surface area contributed by atoms with Gasteiger partial charge in [-0.1, -0.05) is 43.6 Å². The highest BCUT2D eigenvalue weighted by molar-refractivity contribution is 6.30. The van der Waals surface area contributed by atoms with Crippen molar-refractivity contribution >= 4 is 34.3 Å². The van der Waals surface area contributed by atoms with Crippen molar-refractivity contribution in [1.82, 2.24) is 15.2 Å². The summed E-state index contributed by atoms with van der Waals surface area (Å²) in [6.45, 7) is 2.58. The highest BCUT2D eigenvalue weighted by Gasteiger charge is 2.49. The summed E-state index contributed by atoms with van der Waals surface area (Å²) in [7, 11) is 0. The van der Waals surface area contributed by atoms with Crippen LogP contribution in [0.25, 0.3) is 22.0 Å². The first kappa shape index (κ1) is 24.6. The number of nitriles is 1. The number of hydrogen-bond donors (Lipinski definition) is 1. The number of rotatable bonds is 5. The van der Waals surface area contributed by atoms with Crippen LogP contribution < -0.4 is 5.32 Å². The van der Waals surface area contributed by atoms with Crippen molar-refractivity contribution in [3.63, 3.8) is 0 Å². The Labute approximate surface area is 206 Å². The first-order valence-corrected chi connectivity index (χ1v) is 11.5. The van der Waals surface area contributed by atoms with Crippen molar-refractivity contribution in [2.24, 2.45) is 5.92 Å². The van der Waals surface area contributed by atoms with Crippen LogP contribution in [0.15, 0.2) is 54.7 Å². The van der Waals surface area contributed by atoms with Crippen molar-refractivity contribution < 1.29 is 18.4 Å². The molecule has 2 atom stereocenters. The number of fused-ring (bicyclic) bond motifs is 1. The van der Waals surface area contributed by atoms with Crippen LogP contribution in [0.2, 0.25) is 5.02 Å². The minimum Gasteiger partial charge on any atom is -0.340 e. The van der Waals surface area contributed by atoms with E-state index in [1.807, 2.05) is 24.3 Å². The molecule has 1 aliphatic heterocycles. The lowest BCUT2D eigenvalue weighted by molar-refractivity contribution is -0.135. The molecule has 0 radical (unpaired) electrons. The molecule has 1 aliphatic rings. The predicted octanol–water partition coefficient (Wildman–Crippen LogP) is 5.07. The summed E-state index contributed by atoms with van der Waals surface area (Å²) in [5.41, 5.74) is 2.64. The maximum absolute atomic E-state index is 13.9. The van der Waals surface area contributed by atoms with Gasteiger partial charge in [-0.25, -0.2) is 8.78 Å². The lowest BCUT2D eigenvalue weighted by Gasteiger charge is -2.28. The molecule has 6 nitrogen and oxygen atoms in total. The van der Waals surface area contributed by atoms with E-state index in [9.17, 15) is 23.6 Å². The average Bonchev–Trinajstić information content (AvgIpc) is 3.16. The van der Waals surface area contributed by atoms with Crippen molar-refractivity contribution in [2.75, 3.05) is 6.54 Å². The Morgan fingerprint density at radius 2 is 1.86 bits per heavy atom. The van der Waals surface area contributed by atoms with E-state index in [-0.39, 0.29) is 0 Å². The molecule has 2 heterocycles. The quantitative estimate of drug-likeness (QED) is 0.534. The van der Waals surface area contributed by atoms with Gasteiger partial charge in [0.15, 0.2) is 0 Å². The summed E-state index contributed by atoms with van der Waals surface area (Å²) >= 11 is 5.99. The van der Waals surface area contributed by atoms with Gasteiger partial charge < -0.3 is 10.2 Å². The van der Waals surface area contributed by atoms with Gasteiger partial charge in [0.05, 0.1) is 23.7 Å². The molecule has 0 saturated carbocycles. The Hall–Kier alpha value is -3.57. The largest absolute Gasteiger partial charge is 0.340 e. The number of carbonyl (C=O) groups is 2. The van der Waals surface area contributed by atoms with Gasteiger partial charge >= 0.3 is 0 Å². The number of hydrogen-bond acceptors (Lipinski definition) is 4. The molecule has 1 saturated heterocycles. The molecule has 9 heteroatoms. The zero-order valence-corrected chi connectivity index (χ0v) is 19.9. The summed E-state index contributed by atoms with van der Waals surface area (Å²) in [4.78, 5) is 31.7. The topological polar surface area (TPSA) is 86.1 Å². The van der Waals surface area contributed by atoms with Gasteiger partial charge in [0.25, 0.3) is 11.8 Å². The molecule has 0 bridgehead atoms. The number of pyridine rings is 1. The van der Waals surface area contributed by atoms with Crippen LogP contribution in [-0.2, 0) is 4.79 Å². The molecule has 1 aromatic heterocycles. The van der Waals surface area contributed by atoms with E-state index >= 15 is 0 Å². The summed E-state index contributed by atoms with van der Waals surface area (Å²) in [6, 6.07) is 13.8. The van der Waals surface area contributed by atoms with E-state index in [2.05, 4.69) is 10.3 Å². The monoisotopic (exact) mass is 496 g/mol. The van der Waals surface area contributed by atoms with E-state index in [0.29, 0.717) is 21.5 Å². The molecule has 0 aliphatic carbocycles. The Balaban J connectivity index is 1.64. The van der Waals surface area contributed by atoms with Crippen LogP contribution >= 0.6 is 11.6 Å². The highest BCUT2D eigenvalue weighted by Crippen LogP contribution is 2.33. The van der Waals surface area contributed by atoms with Gasteiger partial charge in [0.2, 0.25) is 5.91 Å². The number of nitrogens with one attached hydrogen (secondary N) is 1. The zero-order valence-electron chi connectivity index (χ0n) is 19.1. The lowest BCUT2D eigenvalue weighted by Crippen LogP contribution is -2.52. The number of benzene rings is 2. The molecule has 1 unspecified atom stereocenters. The van der Waals surface area contributed by atoms with Gasteiger partial charge in [0.1, 0.15) is 12.1 Å². The second kappa shape index (κ2) is 9.59. The molecule has 1 fully saturated rings. The number of halogens is 3. The van der Waals surface area contributed by atoms with E-state index in [1.54, 1.807) is 44.2 Å². The van der Waals surface area contributed by atoms with Crippen LogP contribution in [0.3, 0.4) is 0 Å². The molecule has 35 heavy (non-hydrogen) atoms. The molecule has 2 amide bonds. The van der Waals surface area contributed by atoms with Gasteiger partial charge in [-0.15, -0.1) is 0 Å². The molecular formula is C26H23ClF2N4O2. The summed E-state index contributed by atoms with van der Waals surface area (Å²) < 4.78 is 27.8. The summed E-state index contributed by atoms with van der Waals surface area (Å²) in [6.07, 6.45) is 0.786. The second-order valence-corrected chi connectivity index (χ2v) is 9.40. The van der Waals surface area contributed by atoms with Gasteiger partial charge in [-0.3, -0.25) is 14.6 Å². The molecule has 3 aromatic rings. The van der Waals surface area contributed by atoms with Crippen molar-refractivity contribution in [3.05, 3.63) is 65.3 Å². The Morgan fingerprint density at radius 3 is 2.51 bits per heavy atom. The van der Waals surface area contributed by atoms with Gasteiger partial charge in [-0.05, 0) is 47.4 Å². The third kappa shape index (κ3) is 5.10. The zero-order chi connectivity index (χ0) is 25.3. The smallest absolute Gasteiger partial charge is 0.268 e. The van der Waals surface area contributed by atoms with Crippen LogP contribution in [0.4, 0.5) is 8.78 Å². The molecule has 0 spiro atoms. The van der Waals surface area contributed by atoms with E-state index in [4.69, 9.17) is 11.6 Å². The Bertz CT molecular complexity index is 1320. The number of nitrogens with zero attached hydrogens (tertiary/aromatic N) is 3. The van der Waals surface area contributed by atoms with E-state index < -0.39 is 48.7 Å². The molecule has 180 valence electrons. The minimum absolute atomic E-state index is 0.299. The number of likely N-dealkylation sites (tertiary alicyclic amines) is 1. The maximum Gasteiger partial charge on any atom is 0.268 e. The maximum atomic E-state index is 13.9. The van der Waals surface area contributed by atoms with Crippen LogP contribution in [0.1, 0.15) is 30.6 Å².